The maximum Gasteiger partial charge on any atom is 0.261 e. The number of sulfone groups is 1. The van der Waals surface area contributed by atoms with Gasteiger partial charge in [-0.3, -0.25) is 4.72 Å². The summed E-state index contributed by atoms with van der Waals surface area (Å²) in [7, 11) is -11.4. The average Bonchev–Trinajstić information content (AvgIpc) is 2.85. The highest BCUT2D eigenvalue weighted by Crippen LogP contribution is 2.27. The summed E-state index contributed by atoms with van der Waals surface area (Å²) in [6, 6.07) is 11.3. The molecule has 37 heavy (non-hydrogen) atoms. The van der Waals surface area contributed by atoms with E-state index in [1.54, 1.807) is 24.3 Å². The fraction of sp³-hybridized carbons (Fsp3) is 0.231. The minimum absolute atomic E-state index is 0.00404. The molecule has 196 valence electrons. The first-order valence-electron chi connectivity index (χ1n) is 11.6. The highest BCUT2D eigenvalue weighted by molar-refractivity contribution is 7.96. The van der Waals surface area contributed by atoms with Crippen molar-refractivity contribution in [1.29, 1.82) is 0 Å². The number of rotatable bonds is 8. The van der Waals surface area contributed by atoms with Crippen LogP contribution in [-0.2, 0) is 29.9 Å². The zero-order valence-electron chi connectivity index (χ0n) is 20.3. The number of nitrogens with one attached hydrogen (secondary N) is 2. The van der Waals surface area contributed by atoms with Crippen molar-refractivity contribution in [3.05, 3.63) is 100 Å². The predicted molar refractivity (Wildman–Crippen MR) is 144 cm³/mol. The molecule has 2 unspecified atom stereocenters. The second-order valence-electron chi connectivity index (χ2n) is 9.05. The number of sulfonamides is 2. The minimum atomic E-state index is -3.88. The lowest BCUT2D eigenvalue weighted by atomic mass is 10.0. The van der Waals surface area contributed by atoms with Crippen LogP contribution in [0.2, 0.25) is 0 Å². The van der Waals surface area contributed by atoms with Gasteiger partial charge in [-0.1, -0.05) is 48.9 Å². The Labute approximate surface area is 218 Å². The van der Waals surface area contributed by atoms with E-state index in [1.807, 2.05) is 19.9 Å². The molecular formula is C26H28N2O6S3. The van der Waals surface area contributed by atoms with E-state index in [9.17, 15) is 25.3 Å². The van der Waals surface area contributed by atoms with Crippen LogP contribution in [-0.4, -0.2) is 31.3 Å². The van der Waals surface area contributed by atoms with E-state index in [0.717, 1.165) is 5.56 Å². The Kier molecular flexibility index (Phi) is 7.61. The van der Waals surface area contributed by atoms with Crippen molar-refractivity contribution in [2.45, 2.75) is 42.5 Å². The molecule has 0 saturated heterocycles. The number of anilines is 1. The van der Waals surface area contributed by atoms with Gasteiger partial charge in [0.25, 0.3) is 10.0 Å². The van der Waals surface area contributed by atoms with Gasteiger partial charge >= 0.3 is 0 Å². The van der Waals surface area contributed by atoms with Crippen LogP contribution in [0.15, 0.2) is 105 Å². The second-order valence-corrected chi connectivity index (χ2v) is 14.4. The van der Waals surface area contributed by atoms with Gasteiger partial charge in [0.2, 0.25) is 19.9 Å². The van der Waals surface area contributed by atoms with Crippen LogP contribution in [0.4, 0.5) is 5.69 Å². The molecule has 0 radical (unpaired) electrons. The first kappa shape index (κ1) is 27.1. The van der Waals surface area contributed by atoms with Gasteiger partial charge in [-0.25, -0.2) is 30.0 Å². The van der Waals surface area contributed by atoms with Gasteiger partial charge in [-0.05, 0) is 74.2 Å². The monoisotopic (exact) mass is 560 g/mol. The highest BCUT2D eigenvalue weighted by atomic mass is 32.2. The number of aryl methyl sites for hydroxylation is 1. The van der Waals surface area contributed by atoms with E-state index in [2.05, 4.69) is 9.44 Å². The standard InChI is InChI=1S/C26H28N2O6S3/c1-19-3-11-25(12-4-19)36(31,32)27-21-7-15-23(16-8-21)35(29,30)24-17-9-22(10-18-24)28-37(33,34)26-13-5-20(2)6-14-26/h3-5,7,9-18,20-21,27-28H,6,8H2,1-2H3. The lowest BCUT2D eigenvalue weighted by molar-refractivity contribution is 0.570. The smallest absolute Gasteiger partial charge is 0.261 e. The van der Waals surface area contributed by atoms with E-state index >= 15 is 0 Å². The summed E-state index contributed by atoms with van der Waals surface area (Å²) in [5.41, 5.74) is 1.18. The summed E-state index contributed by atoms with van der Waals surface area (Å²) < 4.78 is 81.7. The Morgan fingerprint density at radius 3 is 1.86 bits per heavy atom. The van der Waals surface area contributed by atoms with Crippen molar-refractivity contribution in [2.24, 2.45) is 5.92 Å². The molecule has 2 aromatic rings. The van der Waals surface area contributed by atoms with Crippen molar-refractivity contribution < 1.29 is 25.3 Å². The van der Waals surface area contributed by atoms with Crippen LogP contribution < -0.4 is 9.44 Å². The maximum absolute atomic E-state index is 13.1. The third kappa shape index (κ3) is 6.30. The SMILES string of the molecule is Cc1ccc(S(=O)(=O)NC2C=CC(S(=O)(=O)c3ccc(NS(=O)(=O)C4=CCC(C)C=C4)cc3)=CC2)cc1. The Balaban J connectivity index is 1.42. The van der Waals surface area contributed by atoms with Crippen LogP contribution in [0.1, 0.15) is 25.3 Å². The second kappa shape index (κ2) is 10.4. The predicted octanol–water partition coefficient (Wildman–Crippen LogP) is 4.18. The number of hydrogen-bond acceptors (Lipinski definition) is 6. The molecule has 0 aromatic heterocycles. The van der Waals surface area contributed by atoms with Gasteiger partial charge in [0.05, 0.1) is 19.6 Å². The molecule has 2 N–H and O–H groups in total. The molecule has 0 amide bonds. The largest absolute Gasteiger partial charge is 0.280 e. The molecule has 0 fully saturated rings. The normalized spacial score (nSPS) is 20.3. The molecule has 8 nitrogen and oxygen atoms in total. The van der Waals surface area contributed by atoms with Gasteiger partial charge in [0, 0.05) is 11.7 Å². The number of benzene rings is 2. The van der Waals surface area contributed by atoms with Crippen molar-refractivity contribution in [2.75, 3.05) is 4.72 Å². The number of hydrogen-bond donors (Lipinski definition) is 2. The maximum atomic E-state index is 13.1. The van der Waals surface area contributed by atoms with Gasteiger partial charge in [0.1, 0.15) is 0 Å². The van der Waals surface area contributed by atoms with Crippen molar-refractivity contribution in [3.8, 4) is 0 Å². The molecule has 2 aromatic carbocycles. The molecule has 0 aliphatic heterocycles. The summed E-state index contributed by atoms with van der Waals surface area (Å²) in [4.78, 5) is 0.344. The summed E-state index contributed by atoms with van der Waals surface area (Å²) >= 11 is 0. The van der Waals surface area contributed by atoms with E-state index in [1.165, 1.54) is 54.6 Å². The minimum Gasteiger partial charge on any atom is -0.280 e. The lowest BCUT2D eigenvalue weighted by Gasteiger charge is -2.18. The van der Waals surface area contributed by atoms with Crippen molar-refractivity contribution in [1.82, 2.24) is 4.72 Å². The quantitative estimate of drug-likeness (QED) is 0.499. The van der Waals surface area contributed by atoms with Crippen molar-refractivity contribution in [3.63, 3.8) is 0 Å². The van der Waals surface area contributed by atoms with Gasteiger partial charge in [-0.2, -0.15) is 0 Å². The number of allylic oxidation sites excluding steroid dienone is 4. The van der Waals surface area contributed by atoms with Crippen LogP contribution in [0.3, 0.4) is 0 Å². The molecule has 11 heteroatoms. The van der Waals surface area contributed by atoms with Gasteiger partial charge < -0.3 is 0 Å². The molecule has 2 aliphatic carbocycles. The van der Waals surface area contributed by atoms with E-state index in [4.69, 9.17) is 0 Å². The summed E-state index contributed by atoms with van der Waals surface area (Å²) in [6.07, 6.45) is 10.2. The molecule has 2 aliphatic rings. The Hall–Kier alpha value is -2.99. The highest BCUT2D eigenvalue weighted by Gasteiger charge is 2.25. The summed E-state index contributed by atoms with van der Waals surface area (Å²) in [5, 5.41) is 0. The molecule has 0 spiro atoms. The summed E-state index contributed by atoms with van der Waals surface area (Å²) in [5.74, 6) is 0.273. The zero-order chi connectivity index (χ0) is 26.8. The first-order valence-corrected chi connectivity index (χ1v) is 16.1. The molecule has 2 atom stereocenters. The molecule has 4 rings (SSSR count). The van der Waals surface area contributed by atoms with E-state index in [-0.39, 0.29) is 37.6 Å². The average molecular weight is 561 g/mol. The van der Waals surface area contributed by atoms with Crippen LogP contribution in [0.25, 0.3) is 0 Å². The molecule has 0 saturated carbocycles. The Morgan fingerprint density at radius 1 is 0.703 bits per heavy atom. The Morgan fingerprint density at radius 2 is 1.30 bits per heavy atom. The van der Waals surface area contributed by atoms with E-state index in [0.29, 0.717) is 6.42 Å². The first-order chi connectivity index (χ1) is 17.4. The fourth-order valence-electron chi connectivity index (χ4n) is 3.83. The fourth-order valence-corrected chi connectivity index (χ4v) is 7.51. The molecule has 0 bridgehead atoms. The van der Waals surface area contributed by atoms with Crippen LogP contribution >= 0.6 is 0 Å². The van der Waals surface area contributed by atoms with Crippen LogP contribution in [0, 0.1) is 12.8 Å². The molecule has 0 heterocycles. The van der Waals surface area contributed by atoms with E-state index < -0.39 is 35.9 Å². The third-order valence-corrected chi connectivity index (χ3v) is 10.8. The lowest BCUT2D eigenvalue weighted by Crippen LogP contribution is -2.34. The Bertz CT molecular complexity index is 1620. The molecular weight excluding hydrogens is 532 g/mol. The summed E-state index contributed by atoms with van der Waals surface area (Å²) in [6.45, 7) is 3.85. The topological polar surface area (TPSA) is 126 Å². The zero-order valence-corrected chi connectivity index (χ0v) is 22.8. The third-order valence-electron chi connectivity index (χ3n) is 6.02. The van der Waals surface area contributed by atoms with Gasteiger partial charge in [0.15, 0.2) is 0 Å². The van der Waals surface area contributed by atoms with Gasteiger partial charge in [-0.15, -0.1) is 0 Å². The van der Waals surface area contributed by atoms with Crippen LogP contribution in [0.5, 0.6) is 0 Å². The van der Waals surface area contributed by atoms with Crippen molar-refractivity contribution >= 4 is 35.6 Å².